The highest BCUT2D eigenvalue weighted by molar-refractivity contribution is 7.09. The second-order valence-corrected chi connectivity index (χ2v) is 4.80. The highest BCUT2D eigenvalue weighted by atomic mass is 32.1. The third-order valence-electron chi connectivity index (χ3n) is 2.35. The van der Waals surface area contributed by atoms with Gasteiger partial charge in [-0.05, 0) is 11.4 Å². The number of thiophene rings is 1. The van der Waals surface area contributed by atoms with Crippen LogP contribution in [0.3, 0.4) is 0 Å². The van der Waals surface area contributed by atoms with Crippen molar-refractivity contribution in [2.75, 3.05) is 19.1 Å². The zero-order valence-corrected chi connectivity index (χ0v) is 11.4. The Hall–Kier alpha value is -1.70. The van der Waals surface area contributed by atoms with Crippen LogP contribution < -0.4 is 16.0 Å². The summed E-state index contributed by atoms with van der Waals surface area (Å²) in [6, 6.07) is 5.77. The van der Waals surface area contributed by atoms with Gasteiger partial charge in [0.25, 0.3) is 0 Å². The van der Waals surface area contributed by atoms with Crippen LogP contribution in [0, 0.1) is 0 Å². The van der Waals surface area contributed by atoms with E-state index in [1.54, 1.807) is 24.5 Å². The van der Waals surface area contributed by atoms with Gasteiger partial charge in [0.1, 0.15) is 12.4 Å². The molecule has 0 aliphatic rings. The van der Waals surface area contributed by atoms with E-state index in [4.69, 9.17) is 15.3 Å². The summed E-state index contributed by atoms with van der Waals surface area (Å²) in [7, 11) is 1.59. The van der Waals surface area contributed by atoms with Gasteiger partial charge in [0.2, 0.25) is 5.88 Å². The first-order valence-electron chi connectivity index (χ1n) is 5.80. The molecule has 0 radical (unpaired) electrons. The topological polar surface area (TPSA) is 82.3 Å². The number of nitrogens with two attached hydrogens (primary N) is 1. The maximum atomic E-state index is 5.61. The van der Waals surface area contributed by atoms with Gasteiger partial charge >= 0.3 is 0 Å². The summed E-state index contributed by atoms with van der Waals surface area (Å²) < 4.78 is 10.6. The van der Waals surface area contributed by atoms with Gasteiger partial charge in [-0.2, -0.15) is 4.98 Å². The molecule has 19 heavy (non-hydrogen) atoms. The fraction of sp³-hybridized carbons (Fsp3) is 0.333. The molecule has 0 bridgehead atoms. The lowest BCUT2D eigenvalue weighted by atomic mass is 10.4. The summed E-state index contributed by atoms with van der Waals surface area (Å²) in [6.07, 6.45) is 0.854. The zero-order valence-electron chi connectivity index (χ0n) is 10.6. The van der Waals surface area contributed by atoms with Crippen molar-refractivity contribution in [1.82, 2.24) is 9.97 Å². The molecule has 2 rings (SSSR count). The molecule has 0 atom stereocenters. The Bertz CT molecular complexity index is 504. The number of hydrogen-bond donors (Lipinski definition) is 2. The van der Waals surface area contributed by atoms with Crippen LogP contribution in [0.1, 0.15) is 10.7 Å². The number of hydrogen-bond acceptors (Lipinski definition) is 7. The van der Waals surface area contributed by atoms with Crippen molar-refractivity contribution in [2.45, 2.75) is 13.0 Å². The van der Waals surface area contributed by atoms with Crippen molar-refractivity contribution in [1.29, 1.82) is 0 Å². The number of rotatable bonds is 7. The fourth-order valence-corrected chi connectivity index (χ4v) is 2.22. The quantitative estimate of drug-likeness (QED) is 0.592. The zero-order chi connectivity index (χ0) is 13.5. The molecule has 0 saturated carbocycles. The van der Waals surface area contributed by atoms with Crippen LogP contribution in [-0.4, -0.2) is 23.7 Å². The lowest BCUT2D eigenvalue weighted by molar-refractivity contribution is 0.176. The summed E-state index contributed by atoms with van der Waals surface area (Å²) in [5.74, 6) is 6.89. The van der Waals surface area contributed by atoms with E-state index in [0.29, 0.717) is 30.7 Å². The third kappa shape index (κ3) is 4.16. The number of nitrogens with zero attached hydrogens (tertiary/aromatic N) is 2. The first-order chi connectivity index (χ1) is 9.31. The van der Waals surface area contributed by atoms with Crippen LogP contribution >= 0.6 is 11.3 Å². The largest absolute Gasteiger partial charge is 0.477 e. The molecule has 0 saturated heterocycles. The van der Waals surface area contributed by atoms with Crippen LogP contribution in [0.5, 0.6) is 5.88 Å². The summed E-state index contributed by atoms with van der Waals surface area (Å²) in [5.41, 5.74) is 2.49. The van der Waals surface area contributed by atoms with Crippen molar-refractivity contribution in [3.63, 3.8) is 0 Å². The maximum absolute atomic E-state index is 5.61. The van der Waals surface area contributed by atoms with Crippen molar-refractivity contribution >= 4 is 17.2 Å². The number of hydrazine groups is 1. The molecule has 7 heteroatoms. The van der Waals surface area contributed by atoms with Crippen molar-refractivity contribution < 1.29 is 9.47 Å². The molecule has 102 valence electrons. The van der Waals surface area contributed by atoms with Crippen LogP contribution in [0.4, 0.5) is 5.82 Å². The molecule has 0 amide bonds. The molecule has 0 unspecified atom stereocenters. The van der Waals surface area contributed by atoms with Gasteiger partial charge in [0.05, 0.1) is 6.61 Å². The van der Waals surface area contributed by atoms with Gasteiger partial charge in [-0.3, -0.25) is 0 Å². The van der Waals surface area contributed by atoms with Crippen molar-refractivity contribution in [3.8, 4) is 5.88 Å². The molecule has 0 spiro atoms. The molecule has 0 aromatic carbocycles. The smallest absolute Gasteiger partial charge is 0.218 e. The van der Waals surface area contributed by atoms with Crippen molar-refractivity contribution in [2.24, 2.45) is 5.84 Å². The highest BCUT2D eigenvalue weighted by Crippen LogP contribution is 2.15. The van der Waals surface area contributed by atoms with Gasteiger partial charge in [-0.15, -0.1) is 11.3 Å². The van der Waals surface area contributed by atoms with Crippen molar-refractivity contribution in [3.05, 3.63) is 34.3 Å². The third-order valence-corrected chi connectivity index (χ3v) is 3.28. The minimum Gasteiger partial charge on any atom is -0.477 e. The average molecular weight is 280 g/mol. The van der Waals surface area contributed by atoms with E-state index >= 15 is 0 Å². The van der Waals surface area contributed by atoms with E-state index in [9.17, 15) is 0 Å². The molecular weight excluding hydrogens is 264 g/mol. The number of nitrogen functional groups attached to an aromatic ring is 1. The van der Waals surface area contributed by atoms with E-state index in [1.165, 1.54) is 4.88 Å². The summed E-state index contributed by atoms with van der Waals surface area (Å²) in [6.45, 7) is 0.880. The Morgan fingerprint density at radius 2 is 2.32 bits per heavy atom. The van der Waals surface area contributed by atoms with Crippen LogP contribution in [-0.2, 0) is 17.8 Å². The average Bonchev–Trinajstić information content (AvgIpc) is 2.92. The van der Waals surface area contributed by atoms with Crippen LogP contribution in [0.25, 0.3) is 0 Å². The Kier molecular flexibility index (Phi) is 5.08. The van der Waals surface area contributed by atoms with Gasteiger partial charge < -0.3 is 14.9 Å². The molecule has 2 aromatic rings. The van der Waals surface area contributed by atoms with E-state index in [-0.39, 0.29) is 0 Å². The number of nitrogens with one attached hydrogen (secondary N) is 1. The molecule has 2 aromatic heterocycles. The van der Waals surface area contributed by atoms with E-state index < -0.39 is 0 Å². The number of methoxy groups -OCH3 is 1. The van der Waals surface area contributed by atoms with Gasteiger partial charge in [-0.1, -0.05) is 6.07 Å². The molecule has 6 nitrogen and oxygen atoms in total. The molecule has 0 aliphatic carbocycles. The second kappa shape index (κ2) is 7.03. The standard InChI is InChI=1S/C12H16N4O2S/c1-17-8-11-14-10(16-13)7-12(15-11)18-5-4-9-3-2-6-19-9/h2-3,6-7H,4-5,8,13H2,1H3,(H,14,15,16). The monoisotopic (exact) mass is 280 g/mol. The molecular formula is C12H16N4O2S. The Morgan fingerprint density at radius 1 is 1.42 bits per heavy atom. The lowest BCUT2D eigenvalue weighted by Gasteiger charge is -2.08. The summed E-state index contributed by atoms with van der Waals surface area (Å²) in [5, 5.41) is 2.05. The van der Waals surface area contributed by atoms with E-state index in [0.717, 1.165) is 6.42 Å². The second-order valence-electron chi connectivity index (χ2n) is 3.76. The van der Waals surface area contributed by atoms with E-state index in [2.05, 4.69) is 21.5 Å². The first kappa shape index (κ1) is 13.7. The lowest BCUT2D eigenvalue weighted by Crippen LogP contribution is -2.12. The van der Waals surface area contributed by atoms with Gasteiger partial charge in [-0.25, -0.2) is 10.8 Å². The highest BCUT2D eigenvalue weighted by Gasteiger charge is 2.05. The Morgan fingerprint density at radius 3 is 3.00 bits per heavy atom. The fourth-order valence-electron chi connectivity index (χ4n) is 1.53. The predicted octanol–water partition coefficient (Wildman–Crippen LogP) is 1.59. The molecule has 0 aliphatic heterocycles. The Balaban J connectivity index is 1.96. The SMILES string of the molecule is COCc1nc(NN)cc(OCCc2cccs2)n1. The molecule has 0 fully saturated rings. The van der Waals surface area contributed by atoms with E-state index in [1.807, 2.05) is 11.4 Å². The van der Waals surface area contributed by atoms with Gasteiger partial charge in [0.15, 0.2) is 5.82 Å². The minimum atomic E-state index is 0.316. The normalized spacial score (nSPS) is 10.4. The van der Waals surface area contributed by atoms with Gasteiger partial charge in [0, 0.05) is 24.5 Å². The van der Waals surface area contributed by atoms with Crippen LogP contribution in [0.15, 0.2) is 23.6 Å². The Labute approximate surface area is 115 Å². The summed E-state index contributed by atoms with van der Waals surface area (Å²) >= 11 is 1.71. The number of aromatic nitrogens is 2. The molecule has 2 heterocycles. The summed E-state index contributed by atoms with van der Waals surface area (Å²) in [4.78, 5) is 9.67. The maximum Gasteiger partial charge on any atom is 0.218 e. The number of ether oxygens (including phenoxy) is 2. The predicted molar refractivity (Wildman–Crippen MR) is 74.1 cm³/mol. The molecule has 3 N–H and O–H groups in total. The first-order valence-corrected chi connectivity index (χ1v) is 6.68. The number of anilines is 1. The van der Waals surface area contributed by atoms with Crippen LogP contribution in [0.2, 0.25) is 0 Å². The minimum absolute atomic E-state index is 0.316.